The molecule has 0 aliphatic carbocycles. The van der Waals surface area contributed by atoms with Crippen LogP contribution in [0.4, 0.5) is 5.69 Å². The van der Waals surface area contributed by atoms with Crippen molar-refractivity contribution >= 4 is 5.69 Å². The second-order valence-electron chi connectivity index (χ2n) is 9.02. The fourth-order valence-corrected chi connectivity index (χ4v) is 4.56. The SMILES string of the molecule is CC(Cc1ccc(-c2ccc([N+](=O)[O-])c(O)c2)cc1COCCN1CCCCC1)c1ccco1. The number of nitro benzene ring substituents is 1. The van der Waals surface area contributed by atoms with Crippen molar-refractivity contribution < 1.29 is 19.2 Å². The Morgan fingerprint density at radius 2 is 1.85 bits per heavy atom. The van der Waals surface area contributed by atoms with Crippen molar-refractivity contribution in [3.05, 3.63) is 81.8 Å². The van der Waals surface area contributed by atoms with Crippen molar-refractivity contribution in [3.8, 4) is 16.9 Å². The molecule has 4 rings (SSSR count). The highest BCUT2D eigenvalue weighted by molar-refractivity contribution is 5.69. The zero-order valence-corrected chi connectivity index (χ0v) is 19.6. The smallest absolute Gasteiger partial charge is 0.310 e. The molecule has 1 saturated heterocycles. The third kappa shape index (κ3) is 6.04. The highest BCUT2D eigenvalue weighted by Gasteiger charge is 2.17. The molecule has 7 nitrogen and oxygen atoms in total. The lowest BCUT2D eigenvalue weighted by Gasteiger charge is -2.26. The molecule has 0 spiro atoms. The molecule has 1 atom stereocenters. The number of hydrogen-bond donors (Lipinski definition) is 1. The predicted molar refractivity (Wildman–Crippen MR) is 131 cm³/mol. The van der Waals surface area contributed by atoms with Gasteiger partial charge in [0.15, 0.2) is 5.75 Å². The fraction of sp³-hybridized carbons (Fsp3) is 0.407. The number of phenols is 1. The number of aromatic hydroxyl groups is 1. The Labute approximate surface area is 200 Å². The molecule has 180 valence electrons. The Morgan fingerprint density at radius 3 is 2.56 bits per heavy atom. The molecule has 0 amide bonds. The Balaban J connectivity index is 1.51. The van der Waals surface area contributed by atoms with Gasteiger partial charge < -0.3 is 19.2 Å². The quantitative estimate of drug-likeness (QED) is 0.228. The van der Waals surface area contributed by atoms with Crippen molar-refractivity contribution in [3.63, 3.8) is 0 Å². The Bertz CT molecular complexity index is 1090. The molecule has 1 fully saturated rings. The number of ether oxygens (including phenoxy) is 1. The minimum Gasteiger partial charge on any atom is -0.502 e. The minimum absolute atomic E-state index is 0.219. The van der Waals surface area contributed by atoms with E-state index in [9.17, 15) is 15.2 Å². The maximum Gasteiger partial charge on any atom is 0.310 e. The summed E-state index contributed by atoms with van der Waals surface area (Å²) in [7, 11) is 0. The maximum atomic E-state index is 11.0. The van der Waals surface area contributed by atoms with E-state index in [4.69, 9.17) is 9.15 Å². The summed E-state index contributed by atoms with van der Waals surface area (Å²) in [6, 6.07) is 14.5. The van der Waals surface area contributed by atoms with E-state index in [1.165, 1.54) is 37.0 Å². The number of rotatable bonds is 10. The molecule has 2 heterocycles. The van der Waals surface area contributed by atoms with Crippen LogP contribution in [0, 0.1) is 10.1 Å². The van der Waals surface area contributed by atoms with Crippen molar-refractivity contribution in [2.45, 2.75) is 45.1 Å². The van der Waals surface area contributed by atoms with Crippen LogP contribution < -0.4 is 0 Å². The Morgan fingerprint density at radius 1 is 1.09 bits per heavy atom. The first-order valence-corrected chi connectivity index (χ1v) is 11.9. The number of nitro groups is 1. The molecule has 3 aromatic rings. The topological polar surface area (TPSA) is 89.0 Å². The lowest BCUT2D eigenvalue weighted by Crippen LogP contribution is -2.32. The molecule has 34 heavy (non-hydrogen) atoms. The third-order valence-corrected chi connectivity index (χ3v) is 6.52. The second kappa shape index (κ2) is 11.3. The summed E-state index contributed by atoms with van der Waals surface area (Å²) in [5.41, 5.74) is 3.57. The van der Waals surface area contributed by atoms with Gasteiger partial charge in [-0.2, -0.15) is 0 Å². The summed E-state index contributed by atoms with van der Waals surface area (Å²) in [4.78, 5) is 12.9. The molecule has 0 radical (unpaired) electrons. The van der Waals surface area contributed by atoms with Crippen molar-refractivity contribution in [2.75, 3.05) is 26.2 Å². The molecule has 1 N–H and O–H groups in total. The first-order chi connectivity index (χ1) is 16.5. The number of benzene rings is 2. The van der Waals surface area contributed by atoms with E-state index in [1.807, 2.05) is 18.2 Å². The molecular weight excluding hydrogens is 432 g/mol. The van der Waals surface area contributed by atoms with E-state index in [2.05, 4.69) is 24.0 Å². The molecule has 1 aliphatic heterocycles. The van der Waals surface area contributed by atoms with E-state index >= 15 is 0 Å². The standard InChI is InChI=1S/C27H32N2O5/c1-20(27-6-5-14-34-27)16-21-7-8-22(23-9-10-25(29(31)32)26(30)18-23)17-24(21)19-33-15-13-28-11-3-2-4-12-28/h5-10,14,17-18,20,30H,2-4,11-13,15-16,19H2,1H3. The molecule has 2 aromatic carbocycles. The number of likely N-dealkylation sites (tertiary alicyclic amines) is 1. The van der Waals surface area contributed by atoms with Crippen molar-refractivity contribution in [2.24, 2.45) is 0 Å². The van der Waals surface area contributed by atoms with Gasteiger partial charge in [-0.25, -0.2) is 0 Å². The minimum atomic E-state index is -0.583. The number of phenolic OH excluding ortho intramolecular Hbond substituents is 1. The predicted octanol–water partition coefficient (Wildman–Crippen LogP) is 5.91. The number of hydrogen-bond acceptors (Lipinski definition) is 6. The van der Waals surface area contributed by atoms with Crippen LogP contribution in [0.15, 0.2) is 59.2 Å². The van der Waals surface area contributed by atoms with E-state index in [0.717, 1.165) is 48.5 Å². The Kier molecular flexibility index (Phi) is 7.98. The molecule has 1 aliphatic rings. The van der Waals surface area contributed by atoms with Gasteiger partial charge >= 0.3 is 5.69 Å². The van der Waals surface area contributed by atoms with Crippen LogP contribution in [0.25, 0.3) is 11.1 Å². The average Bonchev–Trinajstić information content (AvgIpc) is 3.38. The van der Waals surface area contributed by atoms with Crippen LogP contribution in [0.5, 0.6) is 5.75 Å². The summed E-state index contributed by atoms with van der Waals surface area (Å²) in [5.74, 6) is 0.829. The highest BCUT2D eigenvalue weighted by Crippen LogP contribution is 2.33. The van der Waals surface area contributed by atoms with Crippen molar-refractivity contribution in [1.82, 2.24) is 4.90 Å². The summed E-state index contributed by atoms with van der Waals surface area (Å²) in [6.07, 6.45) is 6.35. The first kappa shape index (κ1) is 24.0. The molecule has 0 saturated carbocycles. The molecule has 7 heteroatoms. The number of piperidine rings is 1. The van der Waals surface area contributed by atoms with Gasteiger partial charge in [0.2, 0.25) is 0 Å². The molecular formula is C27H32N2O5. The van der Waals surface area contributed by atoms with Gasteiger partial charge in [-0.3, -0.25) is 10.1 Å². The van der Waals surface area contributed by atoms with Gasteiger partial charge in [0, 0.05) is 18.5 Å². The third-order valence-electron chi connectivity index (χ3n) is 6.52. The normalized spacial score (nSPS) is 15.3. The van der Waals surface area contributed by atoms with Crippen molar-refractivity contribution in [1.29, 1.82) is 0 Å². The van der Waals surface area contributed by atoms with Crippen LogP contribution in [0.1, 0.15) is 49.0 Å². The summed E-state index contributed by atoms with van der Waals surface area (Å²) >= 11 is 0. The van der Waals surface area contributed by atoms with Crippen LogP contribution in [-0.2, 0) is 17.8 Å². The van der Waals surface area contributed by atoms with Crippen LogP contribution in [0.2, 0.25) is 0 Å². The first-order valence-electron chi connectivity index (χ1n) is 11.9. The molecule has 1 aromatic heterocycles. The maximum absolute atomic E-state index is 11.0. The number of furan rings is 1. The number of nitrogens with zero attached hydrogens (tertiary/aromatic N) is 2. The van der Waals surface area contributed by atoms with E-state index in [-0.39, 0.29) is 17.4 Å². The molecule has 0 bridgehead atoms. The van der Waals surface area contributed by atoms with Crippen LogP contribution in [0.3, 0.4) is 0 Å². The van der Waals surface area contributed by atoms with Crippen LogP contribution >= 0.6 is 0 Å². The van der Waals surface area contributed by atoms with E-state index < -0.39 is 4.92 Å². The Hall–Kier alpha value is -3.16. The fourth-order valence-electron chi connectivity index (χ4n) is 4.56. The zero-order chi connectivity index (χ0) is 23.9. The summed E-state index contributed by atoms with van der Waals surface area (Å²) < 4.78 is 11.7. The molecule has 1 unspecified atom stereocenters. The monoisotopic (exact) mass is 464 g/mol. The zero-order valence-electron chi connectivity index (χ0n) is 19.6. The van der Waals surface area contributed by atoms with Gasteiger partial charge in [-0.1, -0.05) is 25.5 Å². The van der Waals surface area contributed by atoms with Gasteiger partial charge in [0.1, 0.15) is 5.76 Å². The highest BCUT2D eigenvalue weighted by atomic mass is 16.6. The largest absolute Gasteiger partial charge is 0.502 e. The summed E-state index contributed by atoms with van der Waals surface area (Å²) in [6.45, 7) is 6.54. The van der Waals surface area contributed by atoms with E-state index in [1.54, 1.807) is 12.3 Å². The van der Waals surface area contributed by atoms with Gasteiger partial charge in [-0.05, 0) is 84.9 Å². The summed E-state index contributed by atoms with van der Waals surface area (Å²) in [5, 5.41) is 21.1. The lowest BCUT2D eigenvalue weighted by atomic mass is 9.92. The average molecular weight is 465 g/mol. The van der Waals surface area contributed by atoms with Crippen LogP contribution in [-0.4, -0.2) is 41.2 Å². The van der Waals surface area contributed by atoms with Gasteiger partial charge in [-0.15, -0.1) is 0 Å². The van der Waals surface area contributed by atoms with Gasteiger partial charge in [0.05, 0.1) is 24.4 Å². The lowest BCUT2D eigenvalue weighted by molar-refractivity contribution is -0.385. The second-order valence-corrected chi connectivity index (χ2v) is 9.02. The van der Waals surface area contributed by atoms with E-state index in [0.29, 0.717) is 13.2 Å². The van der Waals surface area contributed by atoms with Gasteiger partial charge in [0.25, 0.3) is 0 Å².